The normalized spacial score (nSPS) is 16.5. The van der Waals surface area contributed by atoms with Crippen LogP contribution in [0.25, 0.3) is 0 Å². The highest BCUT2D eigenvalue weighted by Crippen LogP contribution is 2.31. The van der Waals surface area contributed by atoms with Crippen LogP contribution < -0.4 is 0 Å². The molecule has 0 amide bonds. The molecule has 0 heterocycles. The first-order valence-corrected chi connectivity index (χ1v) is 8.54. The van der Waals surface area contributed by atoms with E-state index in [1.165, 1.54) is 22.5 Å². The molecule has 0 spiro atoms. The van der Waals surface area contributed by atoms with Crippen molar-refractivity contribution in [3.05, 3.63) is 28.8 Å². The van der Waals surface area contributed by atoms with Crippen molar-refractivity contribution in [2.45, 2.75) is 43.5 Å². The van der Waals surface area contributed by atoms with Gasteiger partial charge in [-0.25, -0.2) is 8.42 Å². The van der Waals surface area contributed by atoms with Gasteiger partial charge in [-0.3, -0.25) is 0 Å². The highest BCUT2D eigenvalue weighted by molar-refractivity contribution is 7.89. The Morgan fingerprint density at radius 3 is 2.60 bits per heavy atom. The summed E-state index contributed by atoms with van der Waals surface area (Å²) in [4.78, 5) is 0.0342. The van der Waals surface area contributed by atoms with E-state index in [1.807, 2.05) is 13.0 Å². The molecule has 0 aliphatic heterocycles. The minimum absolute atomic E-state index is 0.0342. The number of rotatable bonds is 4. The number of hydrogen-bond donors (Lipinski definition) is 0. The lowest BCUT2D eigenvalue weighted by Crippen LogP contribution is -2.38. The average Bonchev–Trinajstić information content (AvgIpc) is 2.93. The highest BCUT2D eigenvalue weighted by atomic mass is 35.5. The lowest BCUT2D eigenvalue weighted by atomic mass is 10.2. The Kier molecular flexibility index (Phi) is 4.69. The SMILES string of the molecule is CCN(C1CCCC1)S(=O)(=O)c1cc(C#N)ccc1Cl. The Labute approximate surface area is 125 Å². The molecular weight excluding hydrogens is 296 g/mol. The van der Waals surface area contributed by atoms with Gasteiger partial charge in [-0.05, 0) is 31.0 Å². The molecule has 0 bridgehead atoms. The summed E-state index contributed by atoms with van der Waals surface area (Å²) in [7, 11) is -3.65. The van der Waals surface area contributed by atoms with Gasteiger partial charge in [-0.15, -0.1) is 0 Å². The lowest BCUT2D eigenvalue weighted by molar-refractivity contribution is 0.335. The number of nitrogens with zero attached hydrogens (tertiary/aromatic N) is 2. The van der Waals surface area contributed by atoms with E-state index in [-0.39, 0.29) is 16.0 Å². The van der Waals surface area contributed by atoms with Crippen molar-refractivity contribution in [3.63, 3.8) is 0 Å². The zero-order valence-corrected chi connectivity index (χ0v) is 12.9. The number of benzene rings is 1. The summed E-state index contributed by atoms with van der Waals surface area (Å²) in [5.41, 5.74) is 0.301. The number of hydrogen-bond acceptors (Lipinski definition) is 3. The van der Waals surface area contributed by atoms with Crippen LogP contribution in [-0.2, 0) is 10.0 Å². The Morgan fingerprint density at radius 2 is 2.05 bits per heavy atom. The van der Waals surface area contributed by atoms with Crippen molar-refractivity contribution < 1.29 is 8.42 Å². The van der Waals surface area contributed by atoms with E-state index in [1.54, 1.807) is 0 Å². The summed E-state index contributed by atoms with van der Waals surface area (Å²) in [6.07, 6.45) is 3.90. The maximum Gasteiger partial charge on any atom is 0.244 e. The number of halogens is 1. The fraction of sp³-hybridized carbons (Fsp3) is 0.500. The molecule has 1 aliphatic rings. The van der Waals surface area contributed by atoms with Crippen LogP contribution in [0, 0.1) is 11.3 Å². The molecule has 0 radical (unpaired) electrons. The third-order valence-corrected chi connectivity index (χ3v) is 6.20. The van der Waals surface area contributed by atoms with E-state index in [0.29, 0.717) is 12.1 Å². The zero-order valence-electron chi connectivity index (χ0n) is 11.3. The maximum absolute atomic E-state index is 12.8. The van der Waals surface area contributed by atoms with Crippen LogP contribution in [0.15, 0.2) is 23.1 Å². The first kappa shape index (κ1) is 15.3. The molecule has 0 N–H and O–H groups in total. The van der Waals surface area contributed by atoms with Crippen molar-refractivity contribution in [3.8, 4) is 6.07 Å². The van der Waals surface area contributed by atoms with Gasteiger partial charge in [0.05, 0.1) is 16.7 Å². The minimum atomic E-state index is -3.65. The predicted molar refractivity (Wildman–Crippen MR) is 78.0 cm³/mol. The van der Waals surface area contributed by atoms with Crippen LogP contribution in [0.2, 0.25) is 5.02 Å². The smallest absolute Gasteiger partial charge is 0.207 e. The Hall–Kier alpha value is -1.09. The number of sulfonamides is 1. The molecule has 2 rings (SSSR count). The lowest BCUT2D eigenvalue weighted by Gasteiger charge is -2.27. The van der Waals surface area contributed by atoms with Crippen LogP contribution >= 0.6 is 11.6 Å². The second-order valence-corrected chi connectivity index (χ2v) is 7.17. The molecule has 0 unspecified atom stereocenters. The van der Waals surface area contributed by atoms with Crippen molar-refractivity contribution in [1.82, 2.24) is 4.31 Å². The van der Waals surface area contributed by atoms with Crippen molar-refractivity contribution in [2.24, 2.45) is 0 Å². The van der Waals surface area contributed by atoms with Gasteiger partial charge in [0.25, 0.3) is 0 Å². The third kappa shape index (κ3) is 2.83. The van der Waals surface area contributed by atoms with Crippen LogP contribution in [0.3, 0.4) is 0 Å². The molecule has 1 saturated carbocycles. The molecule has 1 aromatic rings. The molecule has 0 aromatic heterocycles. The summed E-state index contributed by atoms with van der Waals surface area (Å²) in [5, 5.41) is 9.09. The van der Waals surface area contributed by atoms with E-state index in [0.717, 1.165) is 25.7 Å². The molecule has 6 heteroatoms. The fourth-order valence-corrected chi connectivity index (χ4v) is 4.91. The minimum Gasteiger partial charge on any atom is -0.207 e. The maximum atomic E-state index is 12.8. The molecule has 20 heavy (non-hydrogen) atoms. The summed E-state index contributed by atoms with van der Waals surface area (Å²) < 4.78 is 27.1. The molecule has 0 saturated heterocycles. The van der Waals surface area contributed by atoms with Crippen LogP contribution in [0.4, 0.5) is 0 Å². The van der Waals surface area contributed by atoms with E-state index in [4.69, 9.17) is 16.9 Å². The predicted octanol–water partition coefficient (Wildman–Crippen LogP) is 3.16. The molecule has 4 nitrogen and oxygen atoms in total. The van der Waals surface area contributed by atoms with Gasteiger partial charge in [0.15, 0.2) is 0 Å². The van der Waals surface area contributed by atoms with Gasteiger partial charge in [0.1, 0.15) is 4.90 Å². The van der Waals surface area contributed by atoms with Crippen molar-refractivity contribution >= 4 is 21.6 Å². The Bertz CT molecular complexity index is 631. The van der Waals surface area contributed by atoms with E-state index >= 15 is 0 Å². The summed E-state index contributed by atoms with van der Waals surface area (Å²) >= 11 is 6.03. The van der Waals surface area contributed by atoms with Gasteiger partial charge in [0, 0.05) is 12.6 Å². The molecule has 1 aromatic carbocycles. The van der Waals surface area contributed by atoms with E-state index in [9.17, 15) is 8.42 Å². The van der Waals surface area contributed by atoms with E-state index < -0.39 is 10.0 Å². The zero-order chi connectivity index (χ0) is 14.8. The molecule has 1 aliphatic carbocycles. The first-order valence-electron chi connectivity index (χ1n) is 6.72. The summed E-state index contributed by atoms with van der Waals surface area (Å²) in [6, 6.07) is 6.34. The summed E-state index contributed by atoms with van der Waals surface area (Å²) in [5.74, 6) is 0. The van der Waals surface area contributed by atoms with Gasteiger partial charge < -0.3 is 0 Å². The third-order valence-electron chi connectivity index (χ3n) is 3.69. The topological polar surface area (TPSA) is 61.2 Å². The van der Waals surface area contributed by atoms with Crippen LogP contribution in [0.5, 0.6) is 0 Å². The summed E-state index contributed by atoms with van der Waals surface area (Å²) in [6.45, 7) is 2.25. The van der Waals surface area contributed by atoms with Gasteiger partial charge in [0.2, 0.25) is 10.0 Å². The standard InChI is InChI=1S/C14H17ClN2O2S/c1-2-17(12-5-3-4-6-12)20(18,19)14-9-11(10-16)7-8-13(14)15/h7-9,12H,2-6H2,1H3. The largest absolute Gasteiger partial charge is 0.244 e. The number of nitriles is 1. The van der Waals surface area contributed by atoms with Crippen molar-refractivity contribution in [2.75, 3.05) is 6.54 Å². The second kappa shape index (κ2) is 6.13. The second-order valence-electron chi connectivity index (χ2n) is 4.90. The van der Waals surface area contributed by atoms with Crippen molar-refractivity contribution in [1.29, 1.82) is 5.26 Å². The first-order chi connectivity index (χ1) is 9.50. The molecule has 1 fully saturated rings. The molecule has 108 valence electrons. The van der Waals surface area contributed by atoms with Gasteiger partial charge >= 0.3 is 0 Å². The van der Waals surface area contributed by atoms with E-state index in [2.05, 4.69) is 0 Å². The molecule has 0 atom stereocenters. The monoisotopic (exact) mass is 312 g/mol. The Morgan fingerprint density at radius 1 is 1.40 bits per heavy atom. The highest BCUT2D eigenvalue weighted by Gasteiger charge is 2.33. The average molecular weight is 313 g/mol. The van der Waals surface area contributed by atoms with Crippen LogP contribution in [-0.4, -0.2) is 25.3 Å². The molecular formula is C14H17ClN2O2S. The quantitative estimate of drug-likeness (QED) is 0.858. The van der Waals surface area contributed by atoms with Crippen LogP contribution in [0.1, 0.15) is 38.2 Å². The fourth-order valence-electron chi connectivity index (χ4n) is 2.71. The van der Waals surface area contributed by atoms with Gasteiger partial charge in [-0.1, -0.05) is 31.4 Å². The Balaban J connectivity index is 2.45. The van der Waals surface area contributed by atoms with Gasteiger partial charge in [-0.2, -0.15) is 9.57 Å².